The lowest BCUT2D eigenvalue weighted by molar-refractivity contribution is -0.144. The molecule has 0 bridgehead atoms. The Morgan fingerprint density at radius 3 is 2.60 bits per heavy atom. The van der Waals surface area contributed by atoms with Crippen molar-refractivity contribution in [1.29, 1.82) is 0 Å². The van der Waals surface area contributed by atoms with E-state index in [2.05, 4.69) is 6.92 Å². The van der Waals surface area contributed by atoms with Crippen LogP contribution in [0.2, 0.25) is 0 Å². The third kappa shape index (κ3) is 3.23. The number of urea groups is 1. The van der Waals surface area contributed by atoms with Gasteiger partial charge in [-0.15, -0.1) is 0 Å². The topological polar surface area (TPSA) is 81.1 Å². The number of β-amino-alcohol motifs (C(OH)–C–C–N with tert-alkyl or cyclic N) is 1. The third-order valence-electron chi connectivity index (χ3n) is 4.49. The Bertz CT molecular complexity index is 374. The fraction of sp³-hybridized carbons (Fsp3) is 0.857. The van der Waals surface area contributed by atoms with Crippen LogP contribution in [0.4, 0.5) is 4.79 Å². The van der Waals surface area contributed by atoms with Crippen molar-refractivity contribution in [3.63, 3.8) is 0 Å². The van der Waals surface area contributed by atoms with Gasteiger partial charge in [-0.25, -0.2) is 9.59 Å². The fourth-order valence-corrected chi connectivity index (χ4v) is 3.18. The van der Waals surface area contributed by atoms with Crippen LogP contribution in [0.1, 0.15) is 39.0 Å². The maximum atomic E-state index is 12.5. The predicted molar refractivity (Wildman–Crippen MR) is 73.4 cm³/mol. The number of carbonyl (C=O) groups excluding carboxylic acids is 1. The standard InChI is InChI=1S/C14H24N2O4/c1-2-10-5-7-16(12(8-10)13(18)19)14(20)15-6-3-4-11(17)9-15/h10-12,17H,2-9H2,1H3,(H,18,19). The highest BCUT2D eigenvalue weighted by Gasteiger charge is 2.38. The minimum absolute atomic E-state index is 0.231. The van der Waals surface area contributed by atoms with Crippen LogP contribution in [-0.2, 0) is 4.79 Å². The molecule has 3 atom stereocenters. The van der Waals surface area contributed by atoms with Crippen LogP contribution in [0, 0.1) is 5.92 Å². The van der Waals surface area contributed by atoms with Gasteiger partial charge < -0.3 is 20.0 Å². The summed E-state index contributed by atoms with van der Waals surface area (Å²) in [5, 5.41) is 19.0. The van der Waals surface area contributed by atoms with Crippen molar-refractivity contribution in [1.82, 2.24) is 9.80 Å². The van der Waals surface area contributed by atoms with E-state index in [0.717, 1.165) is 19.3 Å². The first kappa shape index (κ1) is 15.1. The summed E-state index contributed by atoms with van der Waals surface area (Å²) < 4.78 is 0. The number of aliphatic hydroxyl groups excluding tert-OH is 1. The summed E-state index contributed by atoms with van der Waals surface area (Å²) in [5.41, 5.74) is 0. The van der Waals surface area contributed by atoms with Gasteiger partial charge in [-0.1, -0.05) is 13.3 Å². The molecule has 2 heterocycles. The van der Waals surface area contributed by atoms with E-state index < -0.39 is 18.1 Å². The molecule has 0 spiro atoms. The van der Waals surface area contributed by atoms with Crippen molar-refractivity contribution in [2.45, 2.75) is 51.2 Å². The molecule has 2 N–H and O–H groups in total. The molecule has 0 saturated carbocycles. The number of piperidine rings is 2. The minimum Gasteiger partial charge on any atom is -0.480 e. The molecule has 2 amide bonds. The summed E-state index contributed by atoms with van der Waals surface area (Å²) in [5.74, 6) is -0.541. The van der Waals surface area contributed by atoms with Gasteiger partial charge in [0.05, 0.1) is 6.10 Å². The number of aliphatic hydroxyl groups is 1. The number of likely N-dealkylation sites (tertiary alicyclic amines) is 2. The number of hydrogen-bond acceptors (Lipinski definition) is 3. The smallest absolute Gasteiger partial charge is 0.326 e. The summed E-state index contributed by atoms with van der Waals surface area (Å²) in [6.45, 7) is 3.48. The number of carboxylic acids is 1. The molecule has 3 unspecified atom stereocenters. The van der Waals surface area contributed by atoms with Crippen LogP contribution >= 0.6 is 0 Å². The van der Waals surface area contributed by atoms with Gasteiger partial charge in [-0.3, -0.25) is 0 Å². The Hall–Kier alpha value is -1.30. The number of rotatable bonds is 2. The third-order valence-corrected chi connectivity index (χ3v) is 4.49. The summed E-state index contributed by atoms with van der Waals surface area (Å²) in [7, 11) is 0. The SMILES string of the molecule is CCC1CCN(C(=O)N2CCCC(O)C2)C(C(=O)O)C1. The van der Waals surface area contributed by atoms with Crippen LogP contribution < -0.4 is 0 Å². The second-order valence-corrected chi connectivity index (χ2v) is 5.87. The lowest BCUT2D eigenvalue weighted by atomic mass is 9.89. The van der Waals surface area contributed by atoms with E-state index in [1.165, 1.54) is 4.90 Å². The van der Waals surface area contributed by atoms with E-state index in [4.69, 9.17) is 0 Å². The number of hydrogen-bond donors (Lipinski definition) is 2. The lowest BCUT2D eigenvalue weighted by Gasteiger charge is -2.41. The lowest BCUT2D eigenvalue weighted by Crippen LogP contribution is -2.56. The highest BCUT2D eigenvalue weighted by Crippen LogP contribution is 2.27. The van der Waals surface area contributed by atoms with Crippen LogP contribution in [0.15, 0.2) is 0 Å². The quantitative estimate of drug-likeness (QED) is 0.796. The van der Waals surface area contributed by atoms with Gasteiger partial charge in [-0.05, 0) is 31.6 Å². The van der Waals surface area contributed by atoms with Gasteiger partial charge in [0, 0.05) is 19.6 Å². The summed E-state index contributed by atoms with van der Waals surface area (Å²) in [6.07, 6.45) is 3.36. The molecule has 2 fully saturated rings. The van der Waals surface area contributed by atoms with Crippen molar-refractivity contribution in [2.75, 3.05) is 19.6 Å². The van der Waals surface area contributed by atoms with Crippen molar-refractivity contribution in [3.05, 3.63) is 0 Å². The maximum absolute atomic E-state index is 12.5. The second-order valence-electron chi connectivity index (χ2n) is 5.87. The van der Waals surface area contributed by atoms with Gasteiger partial charge in [0.25, 0.3) is 0 Å². The summed E-state index contributed by atoms with van der Waals surface area (Å²) in [4.78, 5) is 27.0. The normalized spacial score (nSPS) is 31.2. The number of carbonyl (C=O) groups is 2. The highest BCUT2D eigenvalue weighted by atomic mass is 16.4. The largest absolute Gasteiger partial charge is 0.480 e. The van der Waals surface area contributed by atoms with Crippen molar-refractivity contribution in [2.24, 2.45) is 5.92 Å². The van der Waals surface area contributed by atoms with Crippen molar-refractivity contribution >= 4 is 12.0 Å². The molecule has 20 heavy (non-hydrogen) atoms. The van der Waals surface area contributed by atoms with Gasteiger partial charge in [0.1, 0.15) is 6.04 Å². The molecule has 2 rings (SSSR count). The van der Waals surface area contributed by atoms with Crippen LogP contribution in [0.5, 0.6) is 0 Å². The zero-order valence-electron chi connectivity index (χ0n) is 12.0. The first-order valence-electron chi connectivity index (χ1n) is 7.49. The van der Waals surface area contributed by atoms with E-state index in [1.807, 2.05) is 0 Å². The molecular formula is C14H24N2O4. The highest BCUT2D eigenvalue weighted by molar-refractivity contribution is 5.83. The Morgan fingerprint density at radius 2 is 2.00 bits per heavy atom. The van der Waals surface area contributed by atoms with Gasteiger partial charge in [-0.2, -0.15) is 0 Å². The molecule has 2 saturated heterocycles. The number of carboxylic acid groups (broad SMARTS) is 1. The Morgan fingerprint density at radius 1 is 1.25 bits per heavy atom. The Balaban J connectivity index is 2.05. The molecule has 0 aromatic carbocycles. The maximum Gasteiger partial charge on any atom is 0.326 e. The summed E-state index contributed by atoms with van der Waals surface area (Å²) >= 11 is 0. The molecule has 0 aliphatic carbocycles. The van der Waals surface area contributed by atoms with Crippen molar-refractivity contribution < 1.29 is 19.8 Å². The molecule has 6 nitrogen and oxygen atoms in total. The first-order chi connectivity index (χ1) is 9.52. The molecule has 6 heteroatoms. The molecule has 0 aromatic rings. The van der Waals surface area contributed by atoms with E-state index in [-0.39, 0.29) is 6.03 Å². The molecule has 2 aliphatic rings. The van der Waals surface area contributed by atoms with E-state index in [9.17, 15) is 19.8 Å². The van der Waals surface area contributed by atoms with Crippen LogP contribution in [-0.4, -0.2) is 63.8 Å². The number of aliphatic carboxylic acids is 1. The van der Waals surface area contributed by atoms with Gasteiger partial charge in [0.2, 0.25) is 0 Å². The van der Waals surface area contributed by atoms with E-state index in [1.54, 1.807) is 4.90 Å². The molecule has 114 valence electrons. The Labute approximate surface area is 119 Å². The van der Waals surface area contributed by atoms with Crippen LogP contribution in [0.3, 0.4) is 0 Å². The van der Waals surface area contributed by atoms with Crippen LogP contribution in [0.25, 0.3) is 0 Å². The van der Waals surface area contributed by atoms with E-state index in [0.29, 0.717) is 38.4 Å². The molecule has 0 radical (unpaired) electrons. The fourth-order valence-electron chi connectivity index (χ4n) is 3.18. The van der Waals surface area contributed by atoms with E-state index >= 15 is 0 Å². The van der Waals surface area contributed by atoms with Gasteiger partial charge >= 0.3 is 12.0 Å². The molecule has 2 aliphatic heterocycles. The Kier molecular flexibility index (Phi) is 4.86. The number of amides is 2. The molecular weight excluding hydrogens is 260 g/mol. The zero-order valence-corrected chi connectivity index (χ0v) is 12.0. The van der Waals surface area contributed by atoms with Gasteiger partial charge in [0.15, 0.2) is 0 Å². The molecule has 0 aromatic heterocycles. The average Bonchev–Trinajstić information content (AvgIpc) is 2.45. The minimum atomic E-state index is -0.922. The zero-order chi connectivity index (χ0) is 14.7. The first-order valence-corrected chi connectivity index (χ1v) is 7.49. The van der Waals surface area contributed by atoms with Crippen molar-refractivity contribution in [3.8, 4) is 0 Å². The summed E-state index contributed by atoms with van der Waals surface area (Å²) in [6, 6.07) is -0.953. The average molecular weight is 284 g/mol. The second kappa shape index (κ2) is 6.43. The monoisotopic (exact) mass is 284 g/mol. The predicted octanol–water partition coefficient (Wildman–Crippen LogP) is 1.14. The number of nitrogens with zero attached hydrogens (tertiary/aromatic N) is 2.